The van der Waals surface area contributed by atoms with Gasteiger partial charge in [0, 0.05) is 0 Å². The van der Waals surface area contributed by atoms with Gasteiger partial charge in [-0.2, -0.15) is 0 Å². The van der Waals surface area contributed by atoms with Crippen molar-refractivity contribution < 1.29 is 4.21 Å². The number of benzene rings is 1. The number of hydrogen-bond acceptors (Lipinski definition) is 2. The lowest BCUT2D eigenvalue weighted by atomic mass is 10.1. The van der Waals surface area contributed by atoms with Crippen LogP contribution in [0, 0.1) is 0 Å². The maximum absolute atomic E-state index is 11.3. The Morgan fingerprint density at radius 1 is 1.50 bits per heavy atom. The lowest BCUT2D eigenvalue weighted by Crippen LogP contribution is -1.87. The molecule has 0 radical (unpaired) electrons. The number of nitrogens with zero attached hydrogens (tertiary/aromatic N) is 1. The molecule has 1 aromatic rings. The molecule has 0 saturated heterocycles. The van der Waals surface area contributed by atoms with Crippen LogP contribution in [0.4, 0.5) is 5.69 Å². The normalized spacial score (nSPS) is 19.6. The molecule has 1 heterocycles. The second-order valence-corrected chi connectivity index (χ2v) is 3.93. The van der Waals surface area contributed by atoms with Crippen LogP contribution < -0.4 is 0 Å². The number of fused-ring (bicyclic) bond motifs is 1. The van der Waals surface area contributed by atoms with E-state index in [9.17, 15) is 4.21 Å². The summed E-state index contributed by atoms with van der Waals surface area (Å²) in [6.07, 6.45) is 0.977. The maximum atomic E-state index is 11.3. The average Bonchev–Trinajstić information content (AvgIpc) is 2.47. The number of hydrogen-bond donors (Lipinski definition) is 0. The third kappa shape index (κ3) is 1.10. The van der Waals surface area contributed by atoms with Crippen LogP contribution in [0.1, 0.15) is 12.5 Å². The minimum absolute atomic E-state index is 0.852. The molecule has 1 aliphatic rings. The molecule has 0 bridgehead atoms. The Labute approximate surface area is 73.8 Å². The van der Waals surface area contributed by atoms with Gasteiger partial charge in [0.25, 0.3) is 0 Å². The van der Waals surface area contributed by atoms with Gasteiger partial charge >= 0.3 is 0 Å². The zero-order valence-electron chi connectivity index (χ0n) is 6.78. The first-order valence-corrected chi connectivity index (χ1v) is 5.10. The first kappa shape index (κ1) is 7.68. The Balaban J connectivity index is 2.55. The van der Waals surface area contributed by atoms with Crippen molar-refractivity contribution >= 4 is 22.0 Å². The fourth-order valence-corrected chi connectivity index (χ4v) is 2.12. The van der Waals surface area contributed by atoms with Crippen LogP contribution in [0.15, 0.2) is 28.1 Å². The predicted octanol–water partition coefficient (Wildman–Crippen LogP) is 2.03. The highest BCUT2D eigenvalue weighted by Crippen LogP contribution is 2.28. The summed E-state index contributed by atoms with van der Waals surface area (Å²) in [4.78, 5) is 4.89. The molecule has 0 fully saturated rings. The molecule has 62 valence electrons. The van der Waals surface area contributed by atoms with Gasteiger partial charge in [0.15, 0.2) is 0 Å². The fraction of sp³-hybridized carbons (Fsp3) is 0.222. The molecule has 0 amide bonds. The van der Waals surface area contributed by atoms with E-state index in [1.165, 1.54) is 11.1 Å². The van der Waals surface area contributed by atoms with Gasteiger partial charge in [-0.1, -0.05) is 13.0 Å². The molecule has 1 atom stereocenters. The van der Waals surface area contributed by atoms with Crippen LogP contribution in [0.25, 0.3) is 0 Å². The van der Waals surface area contributed by atoms with E-state index < -0.39 is 10.8 Å². The van der Waals surface area contributed by atoms with Gasteiger partial charge in [-0.3, -0.25) is 0 Å². The highest BCUT2D eigenvalue weighted by Gasteiger charge is 2.13. The van der Waals surface area contributed by atoms with E-state index in [0.29, 0.717) is 0 Å². The molecular formula is C9H9NOS. The number of rotatable bonds is 1. The molecule has 0 saturated carbocycles. The van der Waals surface area contributed by atoms with Crippen LogP contribution in [-0.2, 0) is 17.2 Å². The zero-order chi connectivity index (χ0) is 8.55. The lowest BCUT2D eigenvalue weighted by Gasteiger charge is -1.98. The SMILES string of the molecule is CCc1ccc2c(c1)S(=O)C=N2. The van der Waals surface area contributed by atoms with E-state index in [-0.39, 0.29) is 0 Å². The lowest BCUT2D eigenvalue weighted by molar-refractivity contribution is 0.691. The molecule has 12 heavy (non-hydrogen) atoms. The Morgan fingerprint density at radius 2 is 2.33 bits per heavy atom. The average molecular weight is 179 g/mol. The summed E-state index contributed by atoms with van der Waals surface area (Å²) in [7, 11) is -1.00. The van der Waals surface area contributed by atoms with Crippen molar-refractivity contribution in [1.29, 1.82) is 0 Å². The highest BCUT2D eigenvalue weighted by molar-refractivity contribution is 7.99. The van der Waals surface area contributed by atoms with Gasteiger partial charge in [-0.05, 0) is 24.1 Å². The van der Waals surface area contributed by atoms with Gasteiger partial charge < -0.3 is 0 Å². The van der Waals surface area contributed by atoms with Gasteiger partial charge in [0.2, 0.25) is 0 Å². The van der Waals surface area contributed by atoms with Crippen molar-refractivity contribution in [3.05, 3.63) is 23.8 Å². The highest BCUT2D eigenvalue weighted by atomic mass is 32.2. The van der Waals surface area contributed by atoms with Crippen molar-refractivity contribution in [3.8, 4) is 0 Å². The quantitative estimate of drug-likeness (QED) is 0.648. The minimum atomic E-state index is -1.00. The Morgan fingerprint density at radius 3 is 3.08 bits per heavy atom. The summed E-state index contributed by atoms with van der Waals surface area (Å²) in [5, 5.41) is 0. The molecule has 1 unspecified atom stereocenters. The molecule has 1 aromatic carbocycles. The van der Waals surface area contributed by atoms with Crippen LogP contribution in [0.5, 0.6) is 0 Å². The van der Waals surface area contributed by atoms with Crippen LogP contribution in [0.2, 0.25) is 0 Å². The van der Waals surface area contributed by atoms with E-state index in [1.807, 2.05) is 18.2 Å². The van der Waals surface area contributed by atoms with E-state index in [1.54, 1.807) is 0 Å². The van der Waals surface area contributed by atoms with Crippen LogP contribution >= 0.6 is 0 Å². The van der Waals surface area contributed by atoms with E-state index >= 15 is 0 Å². The van der Waals surface area contributed by atoms with Gasteiger partial charge in [-0.25, -0.2) is 9.20 Å². The Hall–Kier alpha value is -0.960. The smallest absolute Gasteiger partial charge is 0.0984 e. The summed E-state index contributed by atoms with van der Waals surface area (Å²) in [5.74, 6) is 0. The van der Waals surface area contributed by atoms with E-state index in [2.05, 4.69) is 11.9 Å². The summed E-state index contributed by atoms with van der Waals surface area (Å²) < 4.78 is 11.3. The fourth-order valence-electron chi connectivity index (χ4n) is 1.21. The van der Waals surface area contributed by atoms with E-state index in [4.69, 9.17) is 0 Å². The summed E-state index contributed by atoms with van der Waals surface area (Å²) in [5.41, 5.74) is 3.56. The monoisotopic (exact) mass is 179 g/mol. The largest absolute Gasteiger partial charge is 0.248 e. The number of aliphatic imine (C=N–C) groups is 1. The van der Waals surface area contributed by atoms with Gasteiger partial charge in [0.1, 0.15) is 0 Å². The summed E-state index contributed by atoms with van der Waals surface area (Å²) in [6, 6.07) is 5.92. The van der Waals surface area contributed by atoms with E-state index in [0.717, 1.165) is 17.0 Å². The molecular weight excluding hydrogens is 170 g/mol. The molecule has 2 rings (SSSR count). The van der Waals surface area contributed by atoms with Crippen molar-refractivity contribution in [2.45, 2.75) is 18.2 Å². The van der Waals surface area contributed by atoms with Crippen molar-refractivity contribution in [2.24, 2.45) is 4.99 Å². The molecule has 0 spiro atoms. The summed E-state index contributed by atoms with van der Waals surface area (Å²) >= 11 is 0. The second kappa shape index (κ2) is 2.83. The predicted molar refractivity (Wildman–Crippen MR) is 50.4 cm³/mol. The Bertz CT molecular complexity index is 371. The van der Waals surface area contributed by atoms with Gasteiger partial charge in [-0.15, -0.1) is 0 Å². The third-order valence-corrected chi connectivity index (χ3v) is 2.99. The maximum Gasteiger partial charge on any atom is 0.0984 e. The first-order valence-electron chi connectivity index (χ1n) is 3.89. The molecule has 1 aliphatic heterocycles. The van der Waals surface area contributed by atoms with Crippen molar-refractivity contribution in [1.82, 2.24) is 0 Å². The topological polar surface area (TPSA) is 29.4 Å². The minimum Gasteiger partial charge on any atom is -0.248 e. The molecule has 3 heteroatoms. The van der Waals surface area contributed by atoms with Crippen molar-refractivity contribution in [2.75, 3.05) is 0 Å². The van der Waals surface area contributed by atoms with Crippen molar-refractivity contribution in [3.63, 3.8) is 0 Å². The standard InChI is InChI=1S/C9H9NOS/c1-2-7-3-4-8-9(5-7)12(11)6-10-8/h3-6H,2H2,1H3. The molecule has 0 N–H and O–H groups in total. The summed E-state index contributed by atoms with van der Waals surface area (Å²) in [6.45, 7) is 2.08. The molecule has 0 aromatic heterocycles. The third-order valence-electron chi connectivity index (χ3n) is 1.94. The van der Waals surface area contributed by atoms with Gasteiger partial charge in [0.05, 0.1) is 26.9 Å². The number of aryl methyl sites for hydroxylation is 1. The van der Waals surface area contributed by atoms with Crippen LogP contribution in [-0.4, -0.2) is 9.76 Å². The molecule has 0 aliphatic carbocycles. The second-order valence-electron chi connectivity index (χ2n) is 2.69. The first-order chi connectivity index (χ1) is 5.81. The van der Waals surface area contributed by atoms with Crippen LogP contribution in [0.3, 0.4) is 0 Å². The zero-order valence-corrected chi connectivity index (χ0v) is 7.60. The Kier molecular flexibility index (Phi) is 1.81. The molecule has 2 nitrogen and oxygen atoms in total.